The van der Waals surface area contributed by atoms with Gasteiger partial charge in [-0.15, -0.1) is 12.3 Å². The molecule has 29 heavy (non-hydrogen) atoms. The van der Waals surface area contributed by atoms with Gasteiger partial charge in [0.1, 0.15) is 6.20 Å². The third kappa shape index (κ3) is 9.64. The van der Waals surface area contributed by atoms with Crippen LogP contribution < -0.4 is 5.73 Å². The highest BCUT2D eigenvalue weighted by Crippen LogP contribution is 2.44. The van der Waals surface area contributed by atoms with Gasteiger partial charge in [0.15, 0.2) is 5.66 Å². The predicted molar refractivity (Wildman–Crippen MR) is 98.5 cm³/mol. The van der Waals surface area contributed by atoms with Crippen molar-refractivity contribution in [3.63, 3.8) is 0 Å². The summed E-state index contributed by atoms with van der Waals surface area (Å²) in [6, 6.07) is 0. The third-order valence-electron chi connectivity index (χ3n) is 4.34. The van der Waals surface area contributed by atoms with Crippen molar-refractivity contribution in [2.24, 2.45) is 0 Å². The first-order chi connectivity index (χ1) is 12.8. The Bertz CT molecular complexity index is 796. The van der Waals surface area contributed by atoms with Gasteiger partial charge in [0.25, 0.3) is 0 Å². The van der Waals surface area contributed by atoms with Crippen molar-refractivity contribution in [3.8, 4) is 0 Å². The summed E-state index contributed by atoms with van der Waals surface area (Å²) in [6.07, 6.45) is 5.61. The normalized spacial score (nSPS) is 24.4. The molecule has 2 atom stereocenters. The molecule has 0 aromatic carbocycles. The van der Waals surface area contributed by atoms with Gasteiger partial charge in [-0.05, 0) is 13.8 Å². The standard InChI is InChI=1S/C12H25N3O3S.2H2O4S/c1-4-12(8-7-9-13)14(5-2)10-11-15(12,6-3)19(16,17)18;2*1-5(2,3)4/h10-11H,4-9,13H2,1-3H3;2*(H2,1,2,3,4). The summed E-state index contributed by atoms with van der Waals surface area (Å²) in [6.45, 7) is 7.57. The van der Waals surface area contributed by atoms with Gasteiger partial charge in [-0.2, -0.15) is 0 Å². The number of nitrogens with zero attached hydrogens (tertiary/aromatic N) is 2. The van der Waals surface area contributed by atoms with E-state index in [0.717, 1.165) is 19.5 Å². The molecule has 1 rings (SSSR count). The first-order valence-corrected chi connectivity index (χ1v) is 12.4. The summed E-state index contributed by atoms with van der Waals surface area (Å²) in [7, 11) is -14.1. The number of hydrogen-bond donors (Lipinski definition) is 4. The second-order valence-corrected chi connectivity index (χ2v) is 9.05. The van der Waals surface area contributed by atoms with E-state index in [2.05, 4.69) is 5.73 Å². The quantitative estimate of drug-likeness (QED) is 0.183. The molecule has 0 aromatic rings. The number of hydrogen-bond acceptors (Lipinski definition) is 9. The van der Waals surface area contributed by atoms with Crippen molar-refractivity contribution >= 4 is 31.1 Å². The molecule has 17 heteroatoms. The summed E-state index contributed by atoms with van der Waals surface area (Å²) in [5.41, 5.74) is 3.22. The first kappa shape index (κ1) is 30.3. The molecule has 0 fully saturated rings. The molecular weight excluding hydrogens is 458 g/mol. The lowest BCUT2D eigenvalue weighted by molar-refractivity contribution is -0.823. The highest BCUT2D eigenvalue weighted by Gasteiger charge is 2.61. The lowest BCUT2D eigenvalue weighted by Crippen LogP contribution is -2.67. The van der Waals surface area contributed by atoms with Crippen LogP contribution in [0.5, 0.6) is 0 Å². The zero-order valence-corrected chi connectivity index (χ0v) is 18.8. The van der Waals surface area contributed by atoms with E-state index in [1.807, 2.05) is 24.9 Å². The van der Waals surface area contributed by atoms with Crippen molar-refractivity contribution in [1.82, 2.24) is 4.90 Å². The van der Waals surface area contributed by atoms with E-state index in [0.29, 0.717) is 19.4 Å². The van der Waals surface area contributed by atoms with E-state index in [1.54, 1.807) is 13.1 Å². The molecular formula is C12H29N3O11S3. The van der Waals surface area contributed by atoms with Crippen LogP contribution in [-0.2, 0) is 31.1 Å². The average molecular weight is 488 g/mol. The summed E-state index contributed by atoms with van der Waals surface area (Å²) in [5.74, 6) is 0. The van der Waals surface area contributed by atoms with Gasteiger partial charge >= 0.3 is 10.3 Å². The minimum absolute atomic E-state index is 0.316. The molecule has 0 bridgehead atoms. The highest BCUT2D eigenvalue weighted by molar-refractivity contribution is 7.80. The molecule has 1 aliphatic heterocycles. The fourth-order valence-electron chi connectivity index (χ4n) is 3.33. The van der Waals surface area contributed by atoms with E-state index >= 15 is 0 Å². The van der Waals surface area contributed by atoms with Crippen LogP contribution in [-0.4, -0.2) is 82.1 Å². The van der Waals surface area contributed by atoms with Crippen LogP contribution in [0.2, 0.25) is 0 Å². The summed E-state index contributed by atoms with van der Waals surface area (Å²) in [4.78, 5) is 2.04. The second kappa shape index (κ2) is 11.5. The van der Waals surface area contributed by atoms with Crippen LogP contribution in [0.1, 0.15) is 40.0 Å². The molecule has 0 aliphatic carbocycles. The van der Waals surface area contributed by atoms with Crippen LogP contribution in [0.15, 0.2) is 12.4 Å². The Kier molecular flexibility index (Phi) is 12.0. The highest BCUT2D eigenvalue weighted by atomic mass is 32.3. The SMILES string of the molecule is CCN1C=C[N+](CC)(S(=O)(=O)O)C1(CC)CCC[NH3+].O=S(=O)([O-])O.O=S(=O)([O-])O. The molecule has 1 heterocycles. The Morgan fingerprint density at radius 2 is 1.41 bits per heavy atom. The lowest BCUT2D eigenvalue weighted by atomic mass is 9.97. The molecule has 0 radical (unpaired) electrons. The first-order valence-electron chi connectivity index (χ1n) is 8.32. The second-order valence-electron chi connectivity index (χ2n) is 5.79. The van der Waals surface area contributed by atoms with Crippen molar-refractivity contribution in [2.75, 3.05) is 19.6 Å². The van der Waals surface area contributed by atoms with Crippen molar-refractivity contribution in [2.45, 2.75) is 45.7 Å². The summed E-state index contributed by atoms with van der Waals surface area (Å²) < 4.78 is 99.1. The van der Waals surface area contributed by atoms with E-state index in [1.165, 1.54) is 0 Å². The number of quaternary nitrogens is 2. The van der Waals surface area contributed by atoms with E-state index in [-0.39, 0.29) is 0 Å². The van der Waals surface area contributed by atoms with Gasteiger partial charge in [-0.1, -0.05) is 6.92 Å². The van der Waals surface area contributed by atoms with Gasteiger partial charge in [0.2, 0.25) is 20.8 Å². The van der Waals surface area contributed by atoms with E-state index in [9.17, 15) is 13.0 Å². The van der Waals surface area contributed by atoms with Crippen molar-refractivity contribution in [3.05, 3.63) is 12.4 Å². The Labute approximate surface area is 171 Å². The van der Waals surface area contributed by atoms with Crippen LogP contribution in [0.4, 0.5) is 0 Å². The van der Waals surface area contributed by atoms with Crippen LogP contribution in [0, 0.1) is 0 Å². The predicted octanol–water partition coefficient (Wildman–Crippen LogP) is -1.43. The molecule has 0 amide bonds. The monoisotopic (exact) mass is 487 g/mol. The van der Waals surface area contributed by atoms with E-state index < -0.39 is 40.7 Å². The topological polar surface area (TPSA) is 240 Å². The smallest absolute Gasteiger partial charge is 0.439 e. The summed E-state index contributed by atoms with van der Waals surface area (Å²) in [5, 5.41) is 0. The molecule has 0 saturated carbocycles. The maximum atomic E-state index is 12.0. The molecule has 1 aliphatic rings. The Morgan fingerprint density at radius 3 is 1.66 bits per heavy atom. The molecule has 0 aromatic heterocycles. The van der Waals surface area contributed by atoms with Gasteiger partial charge in [0, 0.05) is 25.8 Å². The zero-order valence-electron chi connectivity index (χ0n) is 16.3. The molecule has 14 nitrogen and oxygen atoms in total. The van der Waals surface area contributed by atoms with Crippen molar-refractivity contribution in [1.29, 1.82) is 0 Å². The molecule has 0 saturated heterocycles. The largest absolute Gasteiger partial charge is 0.726 e. The fraction of sp³-hybridized carbons (Fsp3) is 0.833. The minimum Gasteiger partial charge on any atom is -0.726 e. The van der Waals surface area contributed by atoms with Crippen LogP contribution in [0.3, 0.4) is 0 Å². The van der Waals surface area contributed by atoms with E-state index in [4.69, 9.17) is 35.0 Å². The average Bonchev–Trinajstić information content (AvgIpc) is 2.84. The van der Waals surface area contributed by atoms with Gasteiger partial charge in [-0.3, -0.25) is 9.11 Å². The number of rotatable bonds is 7. The maximum Gasteiger partial charge on any atom is 0.439 e. The maximum absolute atomic E-state index is 12.0. The minimum atomic E-state index is -4.92. The third-order valence-corrected chi connectivity index (χ3v) is 5.89. The van der Waals surface area contributed by atoms with Gasteiger partial charge in [0.05, 0.1) is 19.3 Å². The lowest BCUT2D eigenvalue weighted by Gasteiger charge is -2.47. The molecule has 2 unspecified atom stereocenters. The zero-order chi connectivity index (χ0) is 23.7. The fourth-order valence-corrected chi connectivity index (χ4v) is 4.62. The van der Waals surface area contributed by atoms with Crippen LogP contribution >= 0.6 is 0 Å². The molecule has 0 spiro atoms. The summed E-state index contributed by atoms with van der Waals surface area (Å²) >= 11 is 0. The van der Waals surface area contributed by atoms with Gasteiger partial charge < -0.3 is 19.7 Å². The van der Waals surface area contributed by atoms with Crippen molar-refractivity contribution < 1.29 is 57.6 Å². The van der Waals surface area contributed by atoms with Crippen LogP contribution in [0.25, 0.3) is 0 Å². The van der Waals surface area contributed by atoms with Gasteiger partial charge in [-0.25, -0.2) is 21.4 Å². The molecule has 6 N–H and O–H groups in total. The Balaban J connectivity index is 0. The molecule has 176 valence electrons. The Morgan fingerprint density at radius 1 is 1.00 bits per heavy atom. The Hall–Kier alpha value is -0.890.